The summed E-state index contributed by atoms with van der Waals surface area (Å²) in [5.74, 6) is 0.398. The van der Waals surface area contributed by atoms with E-state index < -0.39 is 0 Å². The number of ether oxygens (including phenoxy) is 1. The molecule has 0 heterocycles. The number of guanidine groups is 1. The van der Waals surface area contributed by atoms with E-state index in [0.29, 0.717) is 29.2 Å². The van der Waals surface area contributed by atoms with Crippen molar-refractivity contribution in [3.05, 3.63) is 63.6 Å². The van der Waals surface area contributed by atoms with Gasteiger partial charge in [-0.05, 0) is 23.8 Å². The van der Waals surface area contributed by atoms with Crippen LogP contribution < -0.4 is 11.1 Å². The van der Waals surface area contributed by atoms with Gasteiger partial charge in [0.15, 0.2) is 5.96 Å². The highest BCUT2D eigenvalue weighted by Gasteiger charge is 2.13. The molecule has 2 aromatic carbocycles. The van der Waals surface area contributed by atoms with Crippen LogP contribution in [-0.4, -0.2) is 19.6 Å². The lowest BCUT2D eigenvalue weighted by Gasteiger charge is -2.14. The Kier molecular flexibility index (Phi) is 9.56. The first-order valence-corrected chi connectivity index (χ1v) is 8.36. The van der Waals surface area contributed by atoms with E-state index in [0.717, 1.165) is 16.8 Å². The van der Waals surface area contributed by atoms with E-state index >= 15 is 0 Å². The molecular weight excluding hydrogens is 472 g/mol. The highest BCUT2D eigenvalue weighted by Crippen LogP contribution is 2.31. The van der Waals surface area contributed by atoms with Crippen molar-refractivity contribution in [3.8, 4) is 0 Å². The number of nitrogens with two attached hydrogens (primary N) is 1. The summed E-state index contributed by atoms with van der Waals surface area (Å²) in [5, 5.41) is 4.39. The normalized spacial score (nSPS) is 12.4. The van der Waals surface area contributed by atoms with Gasteiger partial charge in [0.2, 0.25) is 0 Å². The summed E-state index contributed by atoms with van der Waals surface area (Å²) in [7, 11) is 1.66. The average Bonchev–Trinajstić information content (AvgIpc) is 2.55. The third kappa shape index (κ3) is 6.33. The number of methoxy groups -OCH3 is 1. The monoisotopic (exact) mass is 493 g/mol. The maximum atomic E-state index is 6.23. The lowest BCUT2D eigenvalue weighted by Crippen LogP contribution is -2.24. The molecular formula is C18H22Cl2IN3O. The van der Waals surface area contributed by atoms with Crippen molar-refractivity contribution in [2.45, 2.75) is 19.4 Å². The van der Waals surface area contributed by atoms with Gasteiger partial charge in [0, 0.05) is 40.9 Å². The van der Waals surface area contributed by atoms with Crippen LogP contribution in [0.3, 0.4) is 0 Å². The van der Waals surface area contributed by atoms with Gasteiger partial charge in [-0.25, -0.2) is 0 Å². The van der Waals surface area contributed by atoms with Crippen LogP contribution in [0.25, 0.3) is 0 Å². The number of rotatable bonds is 6. The zero-order chi connectivity index (χ0) is 17.5. The van der Waals surface area contributed by atoms with Crippen molar-refractivity contribution in [1.82, 2.24) is 0 Å². The molecule has 0 aliphatic rings. The minimum absolute atomic E-state index is 0. The van der Waals surface area contributed by atoms with Gasteiger partial charge in [0.1, 0.15) is 0 Å². The van der Waals surface area contributed by atoms with E-state index in [-0.39, 0.29) is 29.9 Å². The number of benzene rings is 2. The second-order valence-electron chi connectivity index (χ2n) is 5.48. The molecule has 0 amide bonds. The lowest BCUT2D eigenvalue weighted by molar-refractivity contribution is 0.185. The number of hydrogen-bond donors (Lipinski definition) is 2. The fraction of sp³-hybridized carbons (Fsp3) is 0.278. The zero-order valence-electron chi connectivity index (χ0n) is 14.1. The Balaban J connectivity index is 0.00000312. The summed E-state index contributed by atoms with van der Waals surface area (Å²) < 4.78 is 5.18. The molecule has 0 spiro atoms. The maximum Gasteiger partial charge on any atom is 0.193 e. The Labute approximate surface area is 175 Å². The molecule has 0 aromatic heterocycles. The molecule has 0 aliphatic heterocycles. The van der Waals surface area contributed by atoms with Crippen LogP contribution in [0.15, 0.2) is 47.5 Å². The molecule has 136 valence electrons. The topological polar surface area (TPSA) is 59.6 Å². The molecule has 25 heavy (non-hydrogen) atoms. The highest BCUT2D eigenvalue weighted by atomic mass is 127. The van der Waals surface area contributed by atoms with Gasteiger partial charge in [0.25, 0.3) is 0 Å². The summed E-state index contributed by atoms with van der Waals surface area (Å²) in [6.07, 6.45) is 0. The minimum atomic E-state index is 0. The van der Waals surface area contributed by atoms with Crippen LogP contribution in [-0.2, 0) is 11.3 Å². The van der Waals surface area contributed by atoms with Gasteiger partial charge < -0.3 is 15.8 Å². The van der Waals surface area contributed by atoms with Crippen LogP contribution in [0, 0.1) is 0 Å². The Hall–Kier alpha value is -1.02. The Morgan fingerprint density at radius 1 is 1.16 bits per heavy atom. The summed E-state index contributed by atoms with van der Waals surface area (Å²) in [4.78, 5) is 4.40. The van der Waals surface area contributed by atoms with E-state index in [1.807, 2.05) is 49.4 Å². The molecule has 0 saturated heterocycles. The molecule has 2 aromatic rings. The number of nitrogens with zero attached hydrogens (tertiary/aromatic N) is 1. The molecule has 0 saturated carbocycles. The summed E-state index contributed by atoms with van der Waals surface area (Å²) in [6, 6.07) is 13.3. The first-order chi connectivity index (χ1) is 11.5. The van der Waals surface area contributed by atoms with E-state index in [9.17, 15) is 0 Å². The number of para-hydroxylation sites is 1. The van der Waals surface area contributed by atoms with Crippen molar-refractivity contribution in [2.75, 3.05) is 19.0 Å². The van der Waals surface area contributed by atoms with Crippen LogP contribution >= 0.6 is 47.2 Å². The molecule has 0 fully saturated rings. The van der Waals surface area contributed by atoms with Crippen LogP contribution in [0.2, 0.25) is 10.0 Å². The van der Waals surface area contributed by atoms with Crippen LogP contribution in [0.5, 0.6) is 0 Å². The minimum Gasteiger partial charge on any atom is -0.380 e. The number of nitrogens with one attached hydrogen (secondary N) is 1. The molecule has 1 atom stereocenters. The van der Waals surface area contributed by atoms with Gasteiger partial charge in [0.05, 0.1) is 6.61 Å². The van der Waals surface area contributed by atoms with E-state index in [2.05, 4.69) is 10.3 Å². The summed E-state index contributed by atoms with van der Waals surface area (Å²) in [6.45, 7) is 3.00. The second kappa shape index (κ2) is 10.9. The Morgan fingerprint density at radius 3 is 2.44 bits per heavy atom. The van der Waals surface area contributed by atoms with Crippen LogP contribution in [0.4, 0.5) is 5.69 Å². The Bertz CT molecular complexity index is 705. The summed E-state index contributed by atoms with van der Waals surface area (Å²) in [5.41, 5.74) is 8.78. The molecule has 2 rings (SSSR count). The van der Waals surface area contributed by atoms with Gasteiger partial charge in [-0.1, -0.05) is 54.4 Å². The first-order valence-electron chi connectivity index (χ1n) is 7.60. The molecule has 0 bridgehead atoms. The van der Waals surface area contributed by atoms with Crippen molar-refractivity contribution >= 4 is 58.8 Å². The molecule has 1 unspecified atom stereocenters. The van der Waals surface area contributed by atoms with Gasteiger partial charge in [-0.2, -0.15) is 0 Å². The van der Waals surface area contributed by atoms with E-state index in [1.165, 1.54) is 0 Å². The van der Waals surface area contributed by atoms with Crippen molar-refractivity contribution in [3.63, 3.8) is 0 Å². The van der Waals surface area contributed by atoms with Gasteiger partial charge in [-0.3, -0.25) is 4.99 Å². The predicted octanol–water partition coefficient (Wildman–Crippen LogP) is 5.29. The predicted molar refractivity (Wildman–Crippen MR) is 118 cm³/mol. The standard InChI is InChI=1S/C18H21Cl2N3O.HI/c1-12(17-14(19)7-5-8-15(17)20)10-22-18(21)23-16-9-4-3-6-13(16)11-24-2;/h3-9,12H,10-11H2,1-2H3,(H3,21,22,23);1H. The fourth-order valence-electron chi connectivity index (χ4n) is 2.41. The van der Waals surface area contributed by atoms with Crippen molar-refractivity contribution in [2.24, 2.45) is 10.7 Å². The number of anilines is 1. The number of aliphatic imine (C=N–C) groups is 1. The molecule has 4 nitrogen and oxygen atoms in total. The quantitative estimate of drug-likeness (QED) is 0.326. The third-order valence-electron chi connectivity index (χ3n) is 3.61. The lowest BCUT2D eigenvalue weighted by atomic mass is 10.0. The number of halogens is 3. The van der Waals surface area contributed by atoms with E-state index in [1.54, 1.807) is 7.11 Å². The first kappa shape index (κ1) is 22.0. The largest absolute Gasteiger partial charge is 0.380 e. The molecule has 3 N–H and O–H groups in total. The van der Waals surface area contributed by atoms with Crippen molar-refractivity contribution in [1.29, 1.82) is 0 Å². The fourth-order valence-corrected chi connectivity index (χ4v) is 3.18. The SMILES string of the molecule is COCc1ccccc1NC(N)=NCC(C)c1c(Cl)cccc1Cl.I. The van der Waals surface area contributed by atoms with E-state index in [4.69, 9.17) is 33.7 Å². The highest BCUT2D eigenvalue weighted by molar-refractivity contribution is 14.0. The zero-order valence-corrected chi connectivity index (χ0v) is 18.0. The van der Waals surface area contributed by atoms with Crippen molar-refractivity contribution < 1.29 is 4.74 Å². The molecule has 0 aliphatic carbocycles. The van der Waals surface area contributed by atoms with Gasteiger partial charge in [-0.15, -0.1) is 24.0 Å². The van der Waals surface area contributed by atoms with Crippen LogP contribution in [0.1, 0.15) is 24.0 Å². The number of hydrogen-bond acceptors (Lipinski definition) is 2. The smallest absolute Gasteiger partial charge is 0.193 e. The van der Waals surface area contributed by atoms with Gasteiger partial charge >= 0.3 is 0 Å². The maximum absolute atomic E-state index is 6.23. The summed E-state index contributed by atoms with van der Waals surface area (Å²) >= 11 is 12.5. The molecule has 0 radical (unpaired) electrons. The average molecular weight is 494 g/mol. The molecule has 7 heteroatoms. The third-order valence-corrected chi connectivity index (χ3v) is 4.27. The second-order valence-corrected chi connectivity index (χ2v) is 6.29. The Morgan fingerprint density at radius 2 is 1.80 bits per heavy atom.